The van der Waals surface area contributed by atoms with Gasteiger partial charge in [0.25, 0.3) is 0 Å². The SMILES string of the molecule is CCOC(=O)C(C)OC1=CC(=O)c2ccccc2C1=O. The van der Waals surface area contributed by atoms with E-state index in [0.29, 0.717) is 5.56 Å². The van der Waals surface area contributed by atoms with Crippen LogP contribution >= 0.6 is 0 Å². The summed E-state index contributed by atoms with van der Waals surface area (Å²) in [7, 11) is 0. The molecule has 5 nitrogen and oxygen atoms in total. The van der Waals surface area contributed by atoms with Crippen LogP contribution in [0, 0.1) is 0 Å². The molecule has 0 saturated carbocycles. The molecule has 1 aromatic carbocycles. The summed E-state index contributed by atoms with van der Waals surface area (Å²) in [4.78, 5) is 35.6. The van der Waals surface area contributed by atoms with E-state index < -0.39 is 17.9 Å². The number of benzene rings is 1. The Morgan fingerprint density at radius 1 is 1.20 bits per heavy atom. The van der Waals surface area contributed by atoms with E-state index in [2.05, 4.69) is 0 Å². The van der Waals surface area contributed by atoms with Crippen LogP contribution in [-0.4, -0.2) is 30.2 Å². The van der Waals surface area contributed by atoms with Crippen molar-refractivity contribution in [3.05, 3.63) is 47.2 Å². The number of carbonyl (C=O) groups is 3. The molecule has 2 rings (SSSR count). The molecule has 0 aromatic heterocycles. The van der Waals surface area contributed by atoms with Gasteiger partial charge in [-0.05, 0) is 13.8 Å². The Labute approximate surface area is 116 Å². The third-order valence-corrected chi connectivity index (χ3v) is 2.85. The Hall–Kier alpha value is -2.43. The standard InChI is InChI=1S/C15H14O5/c1-3-19-15(18)9(2)20-13-8-12(16)10-6-4-5-7-11(10)14(13)17/h4-9H,3H2,1-2H3. The van der Waals surface area contributed by atoms with Gasteiger partial charge in [-0.25, -0.2) is 4.79 Å². The predicted molar refractivity (Wildman–Crippen MR) is 70.4 cm³/mol. The molecule has 0 heterocycles. The van der Waals surface area contributed by atoms with Gasteiger partial charge >= 0.3 is 5.97 Å². The first-order valence-electron chi connectivity index (χ1n) is 6.27. The number of rotatable bonds is 4. The van der Waals surface area contributed by atoms with Gasteiger partial charge in [0.05, 0.1) is 6.61 Å². The summed E-state index contributed by atoms with van der Waals surface area (Å²) in [5, 5.41) is 0. The third kappa shape index (κ3) is 2.61. The maximum Gasteiger partial charge on any atom is 0.347 e. The number of fused-ring (bicyclic) bond motifs is 1. The molecular weight excluding hydrogens is 260 g/mol. The highest BCUT2D eigenvalue weighted by Crippen LogP contribution is 2.22. The molecule has 0 saturated heterocycles. The summed E-state index contributed by atoms with van der Waals surface area (Å²) in [6, 6.07) is 6.49. The van der Waals surface area contributed by atoms with E-state index in [1.54, 1.807) is 31.2 Å². The average Bonchev–Trinajstić information content (AvgIpc) is 2.44. The first-order valence-corrected chi connectivity index (χ1v) is 6.27. The van der Waals surface area contributed by atoms with Crippen LogP contribution in [0.4, 0.5) is 0 Å². The Balaban J connectivity index is 2.21. The van der Waals surface area contributed by atoms with Crippen molar-refractivity contribution in [3.63, 3.8) is 0 Å². The minimum atomic E-state index is -0.941. The van der Waals surface area contributed by atoms with Crippen LogP contribution in [0.3, 0.4) is 0 Å². The fourth-order valence-electron chi connectivity index (χ4n) is 1.88. The van der Waals surface area contributed by atoms with Crippen LogP contribution in [0.25, 0.3) is 0 Å². The molecule has 1 aliphatic carbocycles. The summed E-state index contributed by atoms with van der Waals surface area (Å²) in [5.74, 6) is -1.43. The first kappa shape index (κ1) is 14.0. The molecule has 1 atom stereocenters. The summed E-state index contributed by atoms with van der Waals surface area (Å²) < 4.78 is 10.1. The van der Waals surface area contributed by atoms with Crippen LogP contribution in [0.2, 0.25) is 0 Å². The number of hydrogen-bond acceptors (Lipinski definition) is 5. The maximum absolute atomic E-state index is 12.2. The lowest BCUT2D eigenvalue weighted by atomic mass is 9.94. The zero-order chi connectivity index (χ0) is 14.7. The lowest BCUT2D eigenvalue weighted by Gasteiger charge is -2.18. The van der Waals surface area contributed by atoms with Crippen LogP contribution in [-0.2, 0) is 14.3 Å². The molecule has 104 valence electrons. The van der Waals surface area contributed by atoms with Gasteiger partial charge in [-0.3, -0.25) is 9.59 Å². The second-order valence-electron chi connectivity index (χ2n) is 4.26. The number of ketones is 2. The van der Waals surface area contributed by atoms with Gasteiger partial charge in [0.15, 0.2) is 17.6 Å². The minimum absolute atomic E-state index is 0.130. The topological polar surface area (TPSA) is 69.7 Å². The first-order chi connectivity index (χ1) is 9.54. The van der Waals surface area contributed by atoms with E-state index in [4.69, 9.17) is 9.47 Å². The largest absolute Gasteiger partial charge is 0.475 e. The second kappa shape index (κ2) is 5.69. The fourth-order valence-corrected chi connectivity index (χ4v) is 1.88. The van der Waals surface area contributed by atoms with Crippen LogP contribution in [0.15, 0.2) is 36.1 Å². The monoisotopic (exact) mass is 274 g/mol. The molecule has 1 unspecified atom stereocenters. The smallest absolute Gasteiger partial charge is 0.347 e. The van der Waals surface area contributed by atoms with Crippen molar-refractivity contribution in [1.82, 2.24) is 0 Å². The summed E-state index contributed by atoms with van der Waals surface area (Å²) in [6.07, 6.45) is 0.170. The lowest BCUT2D eigenvalue weighted by Crippen LogP contribution is -2.27. The molecule has 0 bridgehead atoms. The molecule has 0 N–H and O–H groups in total. The Kier molecular flexibility index (Phi) is 3.98. The van der Waals surface area contributed by atoms with E-state index in [-0.39, 0.29) is 23.7 Å². The number of Topliss-reactive ketones (excluding diaryl/α,β-unsaturated/α-hetero) is 1. The molecule has 0 amide bonds. The molecule has 5 heteroatoms. The highest BCUT2D eigenvalue weighted by Gasteiger charge is 2.29. The lowest BCUT2D eigenvalue weighted by molar-refractivity contribution is -0.152. The number of carbonyl (C=O) groups excluding carboxylic acids is 3. The number of ether oxygens (including phenoxy) is 2. The number of esters is 1. The van der Waals surface area contributed by atoms with Gasteiger partial charge in [-0.15, -0.1) is 0 Å². The summed E-state index contributed by atoms with van der Waals surface area (Å²) in [6.45, 7) is 3.37. The minimum Gasteiger partial charge on any atom is -0.475 e. The Morgan fingerprint density at radius 3 is 2.50 bits per heavy atom. The predicted octanol–water partition coefficient (Wildman–Crippen LogP) is 1.92. The van der Waals surface area contributed by atoms with Crippen molar-refractivity contribution in [2.45, 2.75) is 20.0 Å². The van der Waals surface area contributed by atoms with E-state index in [0.717, 1.165) is 6.08 Å². The van der Waals surface area contributed by atoms with Gasteiger partial charge in [-0.1, -0.05) is 24.3 Å². The Morgan fingerprint density at radius 2 is 1.85 bits per heavy atom. The molecule has 0 spiro atoms. The molecule has 0 radical (unpaired) electrons. The van der Waals surface area contributed by atoms with Gasteiger partial charge in [0.1, 0.15) is 0 Å². The zero-order valence-corrected chi connectivity index (χ0v) is 11.2. The highest BCUT2D eigenvalue weighted by molar-refractivity contribution is 6.23. The van der Waals surface area contributed by atoms with Crippen molar-refractivity contribution in [2.24, 2.45) is 0 Å². The second-order valence-corrected chi connectivity index (χ2v) is 4.26. The normalized spacial score (nSPS) is 15.2. The summed E-state index contributed by atoms with van der Waals surface area (Å²) in [5.41, 5.74) is 0.625. The zero-order valence-electron chi connectivity index (χ0n) is 11.2. The number of allylic oxidation sites excluding steroid dienone is 2. The molecule has 0 fully saturated rings. The van der Waals surface area contributed by atoms with Crippen molar-refractivity contribution < 1.29 is 23.9 Å². The van der Waals surface area contributed by atoms with Crippen molar-refractivity contribution in [3.8, 4) is 0 Å². The molecule has 1 aliphatic rings. The maximum atomic E-state index is 12.2. The Bertz CT molecular complexity index is 600. The van der Waals surface area contributed by atoms with Crippen molar-refractivity contribution >= 4 is 17.5 Å². The molecule has 1 aromatic rings. The van der Waals surface area contributed by atoms with Gasteiger partial charge in [-0.2, -0.15) is 0 Å². The van der Waals surface area contributed by atoms with E-state index >= 15 is 0 Å². The van der Waals surface area contributed by atoms with Crippen LogP contribution in [0.1, 0.15) is 34.6 Å². The van der Waals surface area contributed by atoms with E-state index in [1.807, 2.05) is 0 Å². The van der Waals surface area contributed by atoms with Crippen molar-refractivity contribution in [2.75, 3.05) is 6.61 Å². The van der Waals surface area contributed by atoms with Crippen LogP contribution < -0.4 is 0 Å². The number of hydrogen-bond donors (Lipinski definition) is 0. The fraction of sp³-hybridized carbons (Fsp3) is 0.267. The van der Waals surface area contributed by atoms with Gasteiger partial charge in [0, 0.05) is 17.2 Å². The van der Waals surface area contributed by atoms with Crippen LogP contribution in [0.5, 0.6) is 0 Å². The van der Waals surface area contributed by atoms with E-state index in [1.165, 1.54) is 6.92 Å². The molecule has 20 heavy (non-hydrogen) atoms. The molecule has 0 aliphatic heterocycles. The van der Waals surface area contributed by atoms with Gasteiger partial charge < -0.3 is 9.47 Å². The van der Waals surface area contributed by atoms with E-state index in [9.17, 15) is 14.4 Å². The quantitative estimate of drug-likeness (QED) is 0.784. The molecular formula is C15H14O5. The van der Waals surface area contributed by atoms with Gasteiger partial charge in [0.2, 0.25) is 5.78 Å². The summed E-state index contributed by atoms with van der Waals surface area (Å²) >= 11 is 0. The van der Waals surface area contributed by atoms with Crippen molar-refractivity contribution in [1.29, 1.82) is 0 Å². The third-order valence-electron chi connectivity index (χ3n) is 2.85. The average molecular weight is 274 g/mol. The highest BCUT2D eigenvalue weighted by atomic mass is 16.6.